The average Bonchev–Trinajstić information content (AvgIpc) is 2.41. The summed E-state index contributed by atoms with van der Waals surface area (Å²) in [6, 6.07) is 9.22. The normalized spacial score (nSPS) is 10.3. The number of halogens is 2. The molecule has 2 aromatic rings. The second-order valence-electron chi connectivity index (χ2n) is 4.29. The van der Waals surface area contributed by atoms with E-state index >= 15 is 0 Å². The number of hydrogen-bond donors (Lipinski definition) is 1. The van der Waals surface area contributed by atoms with Gasteiger partial charge < -0.3 is 9.84 Å². The number of benzene rings is 2. The fraction of sp³-hybridized carbons (Fsp3) is 0.133. The molecule has 20 heavy (non-hydrogen) atoms. The first kappa shape index (κ1) is 14.3. The van der Waals surface area contributed by atoms with Crippen LogP contribution in [0.3, 0.4) is 0 Å². The molecule has 5 heteroatoms. The third kappa shape index (κ3) is 3.08. The molecule has 0 bridgehead atoms. The summed E-state index contributed by atoms with van der Waals surface area (Å²) in [5.41, 5.74) is 1.77. The predicted octanol–water partition coefficient (Wildman–Crippen LogP) is 4.06. The van der Waals surface area contributed by atoms with Crippen molar-refractivity contribution < 1.29 is 19.0 Å². The minimum absolute atomic E-state index is 0.000414. The van der Waals surface area contributed by atoms with Crippen molar-refractivity contribution in [1.29, 1.82) is 0 Å². The highest BCUT2D eigenvalue weighted by atomic mass is 35.5. The largest absolute Gasteiger partial charge is 0.486 e. The van der Waals surface area contributed by atoms with Crippen molar-refractivity contribution in [3.8, 4) is 5.75 Å². The van der Waals surface area contributed by atoms with Crippen molar-refractivity contribution >= 4 is 17.6 Å². The van der Waals surface area contributed by atoms with Crippen molar-refractivity contribution in [2.24, 2.45) is 0 Å². The molecule has 0 aliphatic carbocycles. The van der Waals surface area contributed by atoms with Gasteiger partial charge in [0.1, 0.15) is 6.61 Å². The molecular formula is C15H12ClFO3. The standard InChI is InChI=1S/C15H12ClFO3/c1-9-7-10(15(18)19)5-6-11(9)8-20-13-4-2-3-12(16)14(13)17/h2-7H,8H2,1H3,(H,18,19). The fourth-order valence-corrected chi connectivity index (χ4v) is 1.91. The smallest absolute Gasteiger partial charge is 0.335 e. The number of rotatable bonds is 4. The highest BCUT2D eigenvalue weighted by molar-refractivity contribution is 6.30. The third-order valence-corrected chi connectivity index (χ3v) is 3.18. The summed E-state index contributed by atoms with van der Waals surface area (Å²) in [6.45, 7) is 1.92. The quantitative estimate of drug-likeness (QED) is 0.925. The van der Waals surface area contributed by atoms with E-state index < -0.39 is 11.8 Å². The molecular weight excluding hydrogens is 283 g/mol. The van der Waals surface area contributed by atoms with E-state index in [1.807, 2.05) is 0 Å². The number of aryl methyl sites for hydroxylation is 1. The van der Waals surface area contributed by atoms with Gasteiger partial charge in [0, 0.05) is 0 Å². The molecule has 104 valence electrons. The van der Waals surface area contributed by atoms with Crippen LogP contribution in [0.15, 0.2) is 36.4 Å². The fourth-order valence-electron chi connectivity index (χ4n) is 1.74. The van der Waals surface area contributed by atoms with Gasteiger partial charge in [-0.2, -0.15) is 0 Å². The van der Waals surface area contributed by atoms with E-state index in [2.05, 4.69) is 0 Å². The van der Waals surface area contributed by atoms with Crippen LogP contribution in [0.2, 0.25) is 5.02 Å². The first-order chi connectivity index (χ1) is 9.49. The average molecular weight is 295 g/mol. The maximum Gasteiger partial charge on any atom is 0.335 e. The second-order valence-corrected chi connectivity index (χ2v) is 4.69. The van der Waals surface area contributed by atoms with E-state index in [-0.39, 0.29) is 22.9 Å². The summed E-state index contributed by atoms with van der Waals surface area (Å²) < 4.78 is 19.0. The van der Waals surface area contributed by atoms with Gasteiger partial charge in [-0.3, -0.25) is 0 Å². The van der Waals surface area contributed by atoms with Crippen molar-refractivity contribution in [2.75, 3.05) is 0 Å². The molecule has 0 heterocycles. The molecule has 0 radical (unpaired) electrons. The third-order valence-electron chi connectivity index (χ3n) is 2.89. The maximum atomic E-state index is 13.6. The summed E-state index contributed by atoms with van der Waals surface area (Å²) in [7, 11) is 0. The number of hydrogen-bond acceptors (Lipinski definition) is 2. The van der Waals surface area contributed by atoms with Crippen LogP contribution in [0.1, 0.15) is 21.5 Å². The molecule has 2 rings (SSSR count). The van der Waals surface area contributed by atoms with Crippen LogP contribution in [0.5, 0.6) is 5.75 Å². The van der Waals surface area contributed by atoms with E-state index in [4.69, 9.17) is 21.4 Å². The Hall–Kier alpha value is -2.07. The van der Waals surface area contributed by atoms with Crippen LogP contribution in [-0.4, -0.2) is 11.1 Å². The number of ether oxygens (including phenoxy) is 1. The Bertz CT molecular complexity index is 656. The zero-order valence-electron chi connectivity index (χ0n) is 10.7. The molecule has 0 saturated heterocycles. The minimum atomic E-state index is -0.985. The summed E-state index contributed by atoms with van der Waals surface area (Å²) in [5.74, 6) is -1.52. The van der Waals surface area contributed by atoms with Gasteiger partial charge in [-0.25, -0.2) is 9.18 Å². The van der Waals surface area contributed by atoms with E-state index in [9.17, 15) is 9.18 Å². The lowest BCUT2D eigenvalue weighted by atomic mass is 10.1. The molecule has 3 nitrogen and oxygen atoms in total. The second kappa shape index (κ2) is 5.92. The zero-order chi connectivity index (χ0) is 14.7. The first-order valence-electron chi connectivity index (χ1n) is 5.88. The molecule has 0 aromatic heterocycles. The lowest BCUT2D eigenvalue weighted by Crippen LogP contribution is -2.02. The molecule has 0 amide bonds. The molecule has 0 spiro atoms. The summed E-state index contributed by atoms with van der Waals surface area (Å²) in [5, 5.41) is 8.88. The molecule has 1 N–H and O–H groups in total. The van der Waals surface area contributed by atoms with Crippen LogP contribution in [0, 0.1) is 12.7 Å². The van der Waals surface area contributed by atoms with Gasteiger partial charge in [-0.05, 0) is 42.3 Å². The molecule has 0 atom stereocenters. The molecule has 0 aliphatic heterocycles. The lowest BCUT2D eigenvalue weighted by molar-refractivity contribution is 0.0696. The summed E-state index contributed by atoms with van der Waals surface area (Å²) >= 11 is 5.66. The predicted molar refractivity (Wildman–Crippen MR) is 73.9 cm³/mol. The van der Waals surface area contributed by atoms with E-state index in [1.165, 1.54) is 18.2 Å². The van der Waals surface area contributed by atoms with Gasteiger partial charge in [0.05, 0.1) is 10.6 Å². The Morgan fingerprint density at radius 3 is 2.75 bits per heavy atom. The number of carboxylic acids is 1. The number of aromatic carboxylic acids is 1. The molecule has 0 aliphatic rings. The zero-order valence-corrected chi connectivity index (χ0v) is 11.4. The molecule has 0 unspecified atom stereocenters. The van der Waals surface area contributed by atoms with Gasteiger partial charge in [-0.1, -0.05) is 23.7 Å². The maximum absolute atomic E-state index is 13.6. The van der Waals surface area contributed by atoms with E-state index in [0.717, 1.165) is 11.1 Å². The van der Waals surface area contributed by atoms with Gasteiger partial charge in [-0.15, -0.1) is 0 Å². The topological polar surface area (TPSA) is 46.5 Å². The summed E-state index contributed by atoms with van der Waals surface area (Å²) in [6.07, 6.45) is 0. The van der Waals surface area contributed by atoms with Crippen molar-refractivity contribution in [3.05, 3.63) is 63.9 Å². The van der Waals surface area contributed by atoms with Crippen molar-refractivity contribution in [1.82, 2.24) is 0 Å². The Balaban J connectivity index is 2.15. The Morgan fingerprint density at radius 2 is 2.10 bits per heavy atom. The Labute approximate surface area is 120 Å². The Kier molecular flexibility index (Phi) is 4.25. The Morgan fingerprint density at radius 1 is 1.35 bits per heavy atom. The van der Waals surface area contributed by atoms with Crippen LogP contribution >= 0.6 is 11.6 Å². The molecule has 2 aromatic carbocycles. The number of carboxylic acid groups (broad SMARTS) is 1. The van der Waals surface area contributed by atoms with Crippen LogP contribution in [-0.2, 0) is 6.61 Å². The lowest BCUT2D eigenvalue weighted by Gasteiger charge is -2.10. The van der Waals surface area contributed by atoms with E-state index in [1.54, 1.807) is 25.1 Å². The van der Waals surface area contributed by atoms with Crippen molar-refractivity contribution in [2.45, 2.75) is 13.5 Å². The highest BCUT2D eigenvalue weighted by Gasteiger charge is 2.09. The monoisotopic (exact) mass is 294 g/mol. The van der Waals surface area contributed by atoms with Crippen LogP contribution in [0.4, 0.5) is 4.39 Å². The van der Waals surface area contributed by atoms with Gasteiger partial charge in [0.15, 0.2) is 11.6 Å². The van der Waals surface area contributed by atoms with Gasteiger partial charge >= 0.3 is 5.97 Å². The SMILES string of the molecule is Cc1cc(C(=O)O)ccc1COc1cccc(Cl)c1F. The van der Waals surface area contributed by atoms with Crippen molar-refractivity contribution in [3.63, 3.8) is 0 Å². The van der Waals surface area contributed by atoms with E-state index in [0.29, 0.717) is 0 Å². The molecule has 0 fully saturated rings. The van der Waals surface area contributed by atoms with Gasteiger partial charge in [0.25, 0.3) is 0 Å². The summed E-state index contributed by atoms with van der Waals surface area (Å²) in [4.78, 5) is 10.8. The van der Waals surface area contributed by atoms with Crippen LogP contribution < -0.4 is 4.74 Å². The first-order valence-corrected chi connectivity index (χ1v) is 6.26. The minimum Gasteiger partial charge on any atom is -0.486 e. The van der Waals surface area contributed by atoms with Crippen LogP contribution in [0.25, 0.3) is 0 Å². The van der Waals surface area contributed by atoms with Gasteiger partial charge in [0.2, 0.25) is 0 Å². The number of carbonyl (C=O) groups is 1. The molecule has 0 saturated carbocycles. The highest BCUT2D eigenvalue weighted by Crippen LogP contribution is 2.25.